The molecule has 2 aromatic rings. The first-order valence-corrected chi connectivity index (χ1v) is 8.90. The summed E-state index contributed by atoms with van der Waals surface area (Å²) in [6.07, 6.45) is 9.75. The topological polar surface area (TPSA) is 59.8 Å². The maximum atomic E-state index is 12.2. The molecule has 0 bridgehead atoms. The smallest absolute Gasteiger partial charge is 0.231 e. The zero-order valence-electron chi connectivity index (χ0n) is 14.6. The molecule has 24 heavy (non-hydrogen) atoms. The average molecular weight is 326 g/mol. The van der Waals surface area contributed by atoms with E-state index in [1.165, 1.54) is 18.4 Å². The van der Waals surface area contributed by atoms with Crippen molar-refractivity contribution in [3.05, 3.63) is 41.6 Å². The van der Waals surface area contributed by atoms with Gasteiger partial charge in [0.1, 0.15) is 11.6 Å². The molecule has 0 aliphatic carbocycles. The summed E-state index contributed by atoms with van der Waals surface area (Å²) in [5.41, 5.74) is 2.06. The van der Waals surface area contributed by atoms with Gasteiger partial charge < -0.3 is 9.88 Å². The number of hydrogen-bond donors (Lipinski definition) is 1. The molecule has 5 nitrogen and oxygen atoms in total. The van der Waals surface area contributed by atoms with Crippen LogP contribution in [0, 0.1) is 5.92 Å². The van der Waals surface area contributed by atoms with Crippen LogP contribution in [0.5, 0.6) is 0 Å². The lowest BCUT2D eigenvalue weighted by molar-refractivity contribution is -0.115. The van der Waals surface area contributed by atoms with Gasteiger partial charge in [0.2, 0.25) is 5.91 Å². The van der Waals surface area contributed by atoms with Gasteiger partial charge in [-0.25, -0.2) is 9.97 Å². The fourth-order valence-electron chi connectivity index (χ4n) is 3.01. The summed E-state index contributed by atoms with van der Waals surface area (Å²) in [5.74, 6) is 2.34. The van der Waals surface area contributed by atoms with Crippen molar-refractivity contribution in [2.24, 2.45) is 5.92 Å². The highest BCUT2D eigenvalue weighted by atomic mass is 16.1. The first-order chi connectivity index (χ1) is 11.6. The van der Waals surface area contributed by atoms with Crippen LogP contribution in [-0.4, -0.2) is 20.4 Å². The minimum Gasteiger partial charge on any atom is -0.335 e. The molecular formula is C19H26N4O. The molecule has 1 amide bonds. The number of rotatable bonds is 6. The van der Waals surface area contributed by atoms with E-state index in [0.29, 0.717) is 18.2 Å². The fourth-order valence-corrected chi connectivity index (χ4v) is 3.01. The van der Waals surface area contributed by atoms with Crippen molar-refractivity contribution >= 4 is 11.7 Å². The van der Waals surface area contributed by atoms with E-state index in [1.54, 1.807) is 0 Å². The molecular weight excluding hydrogens is 300 g/mol. The molecule has 0 unspecified atom stereocenters. The lowest BCUT2D eigenvalue weighted by Gasteiger charge is -2.11. The number of imidazole rings is 1. The molecule has 128 valence electrons. The molecule has 3 heterocycles. The number of carbonyl (C=O) groups excluding carboxylic acids is 1. The molecule has 5 heteroatoms. The van der Waals surface area contributed by atoms with Crippen molar-refractivity contribution in [3.63, 3.8) is 0 Å². The van der Waals surface area contributed by atoms with Gasteiger partial charge in [0.05, 0.1) is 12.1 Å². The van der Waals surface area contributed by atoms with Crippen molar-refractivity contribution in [3.8, 4) is 0 Å². The van der Waals surface area contributed by atoms with E-state index < -0.39 is 0 Å². The summed E-state index contributed by atoms with van der Waals surface area (Å²) >= 11 is 0. The van der Waals surface area contributed by atoms with E-state index in [0.717, 1.165) is 37.3 Å². The normalized spacial score (nSPS) is 13.8. The number of pyridine rings is 1. The third-order valence-corrected chi connectivity index (χ3v) is 4.40. The number of fused-ring (bicyclic) bond motifs is 1. The molecule has 1 aliphatic rings. The molecule has 0 radical (unpaired) electrons. The summed E-state index contributed by atoms with van der Waals surface area (Å²) < 4.78 is 2.17. The van der Waals surface area contributed by atoms with Crippen LogP contribution in [0.15, 0.2) is 24.5 Å². The monoisotopic (exact) mass is 326 g/mol. The van der Waals surface area contributed by atoms with Gasteiger partial charge in [-0.05, 0) is 43.2 Å². The number of carbonyl (C=O) groups is 1. The van der Waals surface area contributed by atoms with Gasteiger partial charge >= 0.3 is 0 Å². The maximum Gasteiger partial charge on any atom is 0.231 e. The molecule has 0 saturated carbocycles. The van der Waals surface area contributed by atoms with Crippen molar-refractivity contribution in [2.45, 2.75) is 58.9 Å². The Balaban J connectivity index is 1.53. The second-order valence-electron chi connectivity index (χ2n) is 7.01. The van der Waals surface area contributed by atoms with Crippen molar-refractivity contribution in [1.82, 2.24) is 14.5 Å². The van der Waals surface area contributed by atoms with Gasteiger partial charge in [-0.15, -0.1) is 0 Å². The van der Waals surface area contributed by atoms with Crippen LogP contribution < -0.4 is 5.32 Å². The summed E-state index contributed by atoms with van der Waals surface area (Å²) in [4.78, 5) is 21.1. The summed E-state index contributed by atoms with van der Waals surface area (Å²) in [7, 11) is 0. The number of aryl methyl sites for hydroxylation is 3. The summed E-state index contributed by atoms with van der Waals surface area (Å²) in [5, 5.41) is 2.86. The van der Waals surface area contributed by atoms with Crippen LogP contribution in [0.25, 0.3) is 0 Å². The van der Waals surface area contributed by atoms with E-state index in [4.69, 9.17) is 0 Å². The second kappa shape index (κ2) is 7.60. The maximum absolute atomic E-state index is 12.2. The van der Waals surface area contributed by atoms with Crippen molar-refractivity contribution in [1.29, 1.82) is 0 Å². The molecule has 1 aliphatic heterocycles. The van der Waals surface area contributed by atoms with Gasteiger partial charge in [-0.2, -0.15) is 0 Å². The summed E-state index contributed by atoms with van der Waals surface area (Å²) in [6, 6.07) is 3.92. The molecule has 0 aromatic carbocycles. The largest absolute Gasteiger partial charge is 0.335 e. The molecule has 1 N–H and O–H groups in total. The third-order valence-electron chi connectivity index (χ3n) is 4.40. The minimum absolute atomic E-state index is 0.0622. The lowest BCUT2D eigenvalue weighted by atomic mass is 10.0. The van der Waals surface area contributed by atoms with E-state index in [-0.39, 0.29) is 5.91 Å². The van der Waals surface area contributed by atoms with E-state index >= 15 is 0 Å². The molecule has 0 atom stereocenters. The zero-order chi connectivity index (χ0) is 16.9. The second-order valence-corrected chi connectivity index (χ2v) is 7.01. The predicted molar refractivity (Wildman–Crippen MR) is 94.9 cm³/mol. The fraction of sp³-hybridized carbons (Fsp3) is 0.526. The van der Waals surface area contributed by atoms with Gasteiger partial charge in [-0.1, -0.05) is 19.9 Å². The number of aromatic nitrogens is 3. The van der Waals surface area contributed by atoms with Gasteiger partial charge in [0.15, 0.2) is 0 Å². The molecule has 0 spiro atoms. The van der Waals surface area contributed by atoms with Crippen LogP contribution in [0.1, 0.15) is 50.2 Å². The Morgan fingerprint density at radius 1 is 1.33 bits per heavy atom. The number of nitrogens with zero attached hydrogens (tertiary/aromatic N) is 3. The highest BCUT2D eigenvalue weighted by molar-refractivity contribution is 5.91. The van der Waals surface area contributed by atoms with Gasteiger partial charge in [-0.3, -0.25) is 4.79 Å². The van der Waals surface area contributed by atoms with Crippen LogP contribution in [-0.2, 0) is 30.6 Å². The predicted octanol–water partition coefficient (Wildman–Crippen LogP) is 3.38. The molecule has 3 rings (SSSR count). The minimum atomic E-state index is -0.0622. The van der Waals surface area contributed by atoms with Gasteiger partial charge in [0, 0.05) is 25.4 Å². The first-order valence-electron chi connectivity index (χ1n) is 8.90. The molecule has 0 saturated heterocycles. The van der Waals surface area contributed by atoms with Gasteiger partial charge in [0.25, 0.3) is 0 Å². The number of anilines is 1. The lowest BCUT2D eigenvalue weighted by Crippen LogP contribution is -2.15. The van der Waals surface area contributed by atoms with E-state index in [9.17, 15) is 4.79 Å². The Morgan fingerprint density at radius 2 is 2.21 bits per heavy atom. The van der Waals surface area contributed by atoms with E-state index in [2.05, 4.69) is 33.7 Å². The van der Waals surface area contributed by atoms with E-state index in [1.807, 2.05) is 24.5 Å². The van der Waals surface area contributed by atoms with Crippen LogP contribution >= 0.6 is 0 Å². The van der Waals surface area contributed by atoms with Crippen molar-refractivity contribution < 1.29 is 4.79 Å². The van der Waals surface area contributed by atoms with Crippen LogP contribution in [0.3, 0.4) is 0 Å². The molecule has 2 aromatic heterocycles. The number of nitrogens with one attached hydrogen (secondary N) is 1. The standard InChI is InChI=1S/C19H26N4O/c1-14(2)6-7-15-8-9-17(20-12-15)22-19(24)11-16-13-23-10-4-3-5-18(23)21-16/h8-9,12-14H,3-7,10-11H2,1-2H3,(H,20,22,24). The van der Waals surface area contributed by atoms with Crippen LogP contribution in [0.2, 0.25) is 0 Å². The SMILES string of the molecule is CC(C)CCc1ccc(NC(=O)Cc2cn3c(n2)CCCC3)nc1. The Bertz CT molecular complexity index is 664. The Kier molecular flexibility index (Phi) is 5.28. The number of hydrogen-bond acceptors (Lipinski definition) is 3. The highest BCUT2D eigenvalue weighted by Gasteiger charge is 2.14. The molecule has 0 fully saturated rings. The average Bonchev–Trinajstić information content (AvgIpc) is 2.96. The highest BCUT2D eigenvalue weighted by Crippen LogP contribution is 2.15. The Hall–Kier alpha value is -2.17. The quantitative estimate of drug-likeness (QED) is 0.885. The Labute approximate surface area is 143 Å². The van der Waals surface area contributed by atoms with Crippen LogP contribution in [0.4, 0.5) is 5.82 Å². The number of amides is 1. The Morgan fingerprint density at radius 3 is 2.92 bits per heavy atom. The third kappa shape index (κ3) is 4.43. The first kappa shape index (κ1) is 16.7. The van der Waals surface area contributed by atoms with Crippen molar-refractivity contribution in [2.75, 3.05) is 5.32 Å². The zero-order valence-corrected chi connectivity index (χ0v) is 14.6. The summed E-state index contributed by atoms with van der Waals surface area (Å²) in [6.45, 7) is 5.45.